The van der Waals surface area contributed by atoms with Crippen LogP contribution in [-0.4, -0.2) is 66.0 Å². The summed E-state index contributed by atoms with van der Waals surface area (Å²) in [5.74, 6) is 0.766. The molecule has 2 heterocycles. The number of amides is 1. The van der Waals surface area contributed by atoms with Gasteiger partial charge in [-0.1, -0.05) is 0 Å². The van der Waals surface area contributed by atoms with Crippen LogP contribution in [0.25, 0.3) is 11.3 Å². The molecule has 0 radical (unpaired) electrons. The van der Waals surface area contributed by atoms with Gasteiger partial charge in [-0.3, -0.25) is 9.78 Å². The van der Waals surface area contributed by atoms with Gasteiger partial charge in [0.05, 0.1) is 25.2 Å². The molecule has 1 saturated heterocycles. The van der Waals surface area contributed by atoms with Gasteiger partial charge >= 0.3 is 0 Å². The highest BCUT2D eigenvalue weighted by Gasteiger charge is 2.22. The number of hydrogen-bond acceptors (Lipinski definition) is 5. The summed E-state index contributed by atoms with van der Waals surface area (Å²) in [4.78, 5) is 25.7. The first kappa shape index (κ1) is 17.4. The summed E-state index contributed by atoms with van der Waals surface area (Å²) in [6, 6.07) is 3.94. The molecule has 0 spiro atoms. The van der Waals surface area contributed by atoms with E-state index in [1.807, 2.05) is 30.9 Å². The second-order valence-electron chi connectivity index (χ2n) is 6.52. The number of hydrogen-bond donors (Lipinski definition) is 0. The molecule has 3 rings (SSSR count). The first-order valence-electron chi connectivity index (χ1n) is 8.45. The molecule has 1 aromatic carbocycles. The molecule has 6 heteroatoms. The van der Waals surface area contributed by atoms with E-state index < -0.39 is 0 Å². The van der Waals surface area contributed by atoms with Crippen LogP contribution in [0.2, 0.25) is 0 Å². The number of carbonyl (C=O) groups excluding carboxylic acids is 1. The molecule has 0 aliphatic carbocycles. The molecule has 1 aliphatic rings. The molecule has 1 amide bonds. The van der Waals surface area contributed by atoms with Gasteiger partial charge in [0.2, 0.25) is 0 Å². The molecule has 132 valence electrons. The number of aryl methyl sites for hydroxylation is 2. The highest BCUT2D eigenvalue weighted by Crippen LogP contribution is 2.29. The van der Waals surface area contributed by atoms with Crippen molar-refractivity contribution in [3.8, 4) is 17.0 Å². The Morgan fingerprint density at radius 3 is 2.32 bits per heavy atom. The van der Waals surface area contributed by atoms with Gasteiger partial charge in [-0.2, -0.15) is 0 Å². The lowest BCUT2D eigenvalue weighted by Gasteiger charge is -2.32. The normalized spacial score (nSPS) is 15.3. The van der Waals surface area contributed by atoms with Crippen molar-refractivity contribution in [2.75, 3.05) is 40.3 Å². The quantitative estimate of drug-likeness (QED) is 0.857. The van der Waals surface area contributed by atoms with E-state index in [9.17, 15) is 4.79 Å². The van der Waals surface area contributed by atoms with Crippen molar-refractivity contribution in [2.45, 2.75) is 13.8 Å². The predicted molar refractivity (Wildman–Crippen MR) is 96.9 cm³/mol. The van der Waals surface area contributed by atoms with E-state index in [2.05, 4.69) is 21.9 Å². The number of carbonyl (C=O) groups is 1. The van der Waals surface area contributed by atoms with Crippen LogP contribution in [0.5, 0.6) is 5.75 Å². The van der Waals surface area contributed by atoms with Gasteiger partial charge in [0, 0.05) is 31.7 Å². The summed E-state index contributed by atoms with van der Waals surface area (Å²) in [5, 5.41) is 0. The van der Waals surface area contributed by atoms with Crippen LogP contribution in [-0.2, 0) is 0 Å². The molecule has 6 nitrogen and oxygen atoms in total. The van der Waals surface area contributed by atoms with Crippen LogP contribution < -0.4 is 4.74 Å². The first-order valence-corrected chi connectivity index (χ1v) is 8.45. The maximum absolute atomic E-state index is 12.7. The van der Waals surface area contributed by atoms with E-state index >= 15 is 0 Å². The lowest BCUT2D eigenvalue weighted by molar-refractivity contribution is 0.0658. The van der Waals surface area contributed by atoms with Crippen LogP contribution in [0.4, 0.5) is 0 Å². The van der Waals surface area contributed by atoms with Gasteiger partial charge in [0.15, 0.2) is 0 Å². The molecule has 1 aromatic heterocycles. The Morgan fingerprint density at radius 2 is 1.72 bits per heavy atom. The number of methoxy groups -OCH3 is 1. The van der Waals surface area contributed by atoms with E-state index in [0.717, 1.165) is 54.3 Å². The van der Waals surface area contributed by atoms with Crippen molar-refractivity contribution in [2.24, 2.45) is 0 Å². The Kier molecular flexibility index (Phi) is 4.99. The van der Waals surface area contributed by atoms with Gasteiger partial charge in [0.1, 0.15) is 11.4 Å². The molecular weight excluding hydrogens is 316 g/mol. The third-order valence-electron chi connectivity index (χ3n) is 4.64. The van der Waals surface area contributed by atoms with Crippen molar-refractivity contribution < 1.29 is 9.53 Å². The van der Waals surface area contributed by atoms with E-state index in [-0.39, 0.29) is 5.91 Å². The summed E-state index contributed by atoms with van der Waals surface area (Å²) in [6.45, 7) is 7.25. The summed E-state index contributed by atoms with van der Waals surface area (Å²) in [5.41, 5.74) is 4.22. The van der Waals surface area contributed by atoms with E-state index in [4.69, 9.17) is 4.74 Å². The minimum Gasteiger partial charge on any atom is -0.497 e. The van der Waals surface area contributed by atoms with Gasteiger partial charge < -0.3 is 14.5 Å². The predicted octanol–water partition coefficient (Wildman–Crippen LogP) is 2.16. The average Bonchev–Trinajstić information content (AvgIpc) is 2.61. The number of ether oxygens (including phenoxy) is 1. The van der Waals surface area contributed by atoms with E-state index in [1.54, 1.807) is 19.5 Å². The van der Waals surface area contributed by atoms with Crippen LogP contribution in [0.3, 0.4) is 0 Å². The summed E-state index contributed by atoms with van der Waals surface area (Å²) in [6.07, 6.45) is 3.26. The fraction of sp³-hybridized carbons (Fsp3) is 0.421. The maximum atomic E-state index is 12.7. The van der Waals surface area contributed by atoms with Crippen molar-refractivity contribution in [1.82, 2.24) is 19.8 Å². The van der Waals surface area contributed by atoms with Crippen LogP contribution in [0.1, 0.15) is 21.6 Å². The van der Waals surface area contributed by atoms with Crippen LogP contribution >= 0.6 is 0 Å². The smallest absolute Gasteiger partial charge is 0.274 e. The summed E-state index contributed by atoms with van der Waals surface area (Å²) < 4.78 is 5.32. The summed E-state index contributed by atoms with van der Waals surface area (Å²) >= 11 is 0. The van der Waals surface area contributed by atoms with Crippen LogP contribution in [0, 0.1) is 13.8 Å². The Morgan fingerprint density at radius 1 is 1.08 bits per heavy atom. The lowest BCUT2D eigenvalue weighted by atomic mass is 9.99. The number of benzene rings is 1. The zero-order valence-corrected chi connectivity index (χ0v) is 15.2. The largest absolute Gasteiger partial charge is 0.497 e. The van der Waals surface area contributed by atoms with Gasteiger partial charge in [0.25, 0.3) is 5.91 Å². The SMILES string of the molecule is COc1cc(C)c(-c2cncc(C(=O)N3CCN(C)CC3)n2)c(C)c1. The van der Waals surface area contributed by atoms with Crippen molar-refractivity contribution >= 4 is 5.91 Å². The second kappa shape index (κ2) is 7.19. The van der Waals surface area contributed by atoms with Crippen molar-refractivity contribution in [3.63, 3.8) is 0 Å². The molecule has 1 aliphatic heterocycles. The second-order valence-corrected chi connectivity index (χ2v) is 6.52. The minimum atomic E-state index is -0.0498. The molecular formula is C19H24N4O2. The molecule has 0 N–H and O–H groups in total. The van der Waals surface area contributed by atoms with E-state index in [1.165, 1.54) is 0 Å². The number of aromatic nitrogens is 2. The molecule has 1 fully saturated rings. The molecule has 0 unspecified atom stereocenters. The first-order chi connectivity index (χ1) is 12.0. The number of likely N-dealkylation sites (N-methyl/N-ethyl adjacent to an activating group) is 1. The third kappa shape index (κ3) is 3.64. The minimum absolute atomic E-state index is 0.0498. The Labute approximate surface area is 148 Å². The number of rotatable bonds is 3. The Balaban J connectivity index is 1.91. The highest BCUT2D eigenvalue weighted by atomic mass is 16.5. The third-order valence-corrected chi connectivity index (χ3v) is 4.64. The van der Waals surface area contributed by atoms with E-state index in [0.29, 0.717) is 5.69 Å². The fourth-order valence-corrected chi connectivity index (χ4v) is 3.21. The highest BCUT2D eigenvalue weighted by molar-refractivity contribution is 5.92. The zero-order chi connectivity index (χ0) is 18.0. The fourth-order valence-electron chi connectivity index (χ4n) is 3.21. The van der Waals surface area contributed by atoms with Gasteiger partial charge in [-0.25, -0.2) is 4.98 Å². The molecule has 0 atom stereocenters. The summed E-state index contributed by atoms with van der Waals surface area (Å²) in [7, 11) is 3.72. The number of nitrogens with zero attached hydrogens (tertiary/aromatic N) is 4. The van der Waals surface area contributed by atoms with Gasteiger partial charge in [-0.15, -0.1) is 0 Å². The standard InChI is InChI=1S/C19H24N4O2/c1-13-9-15(25-4)10-14(2)18(13)16-11-20-12-17(21-16)19(24)23-7-5-22(3)6-8-23/h9-12H,5-8H2,1-4H3. The average molecular weight is 340 g/mol. The van der Waals surface area contributed by atoms with Gasteiger partial charge in [-0.05, 0) is 44.2 Å². The maximum Gasteiger partial charge on any atom is 0.274 e. The van der Waals surface area contributed by atoms with Crippen molar-refractivity contribution in [3.05, 3.63) is 41.3 Å². The Hall–Kier alpha value is -2.47. The van der Waals surface area contributed by atoms with Crippen molar-refractivity contribution in [1.29, 1.82) is 0 Å². The molecule has 25 heavy (non-hydrogen) atoms. The van der Waals surface area contributed by atoms with Crippen LogP contribution in [0.15, 0.2) is 24.5 Å². The zero-order valence-electron chi connectivity index (χ0n) is 15.2. The monoisotopic (exact) mass is 340 g/mol. The Bertz CT molecular complexity index is 760. The number of piperazine rings is 1. The molecule has 0 bridgehead atoms. The molecule has 0 saturated carbocycles. The lowest BCUT2D eigenvalue weighted by Crippen LogP contribution is -2.47. The molecule has 2 aromatic rings. The topological polar surface area (TPSA) is 58.6 Å².